The topological polar surface area (TPSA) is 37.8 Å². The summed E-state index contributed by atoms with van der Waals surface area (Å²) in [5.41, 5.74) is 3.02. The number of nitrogens with zero attached hydrogens (tertiary/aromatic N) is 2. The second-order valence-corrected chi connectivity index (χ2v) is 2.90. The fourth-order valence-corrected chi connectivity index (χ4v) is 1.37. The van der Waals surface area contributed by atoms with Crippen molar-refractivity contribution in [1.82, 2.24) is 10.2 Å². The van der Waals surface area contributed by atoms with Crippen molar-refractivity contribution in [1.29, 1.82) is 0 Å². The molecule has 2 aromatic rings. The van der Waals surface area contributed by atoms with Gasteiger partial charge in [-0.05, 0) is 18.2 Å². The van der Waals surface area contributed by atoms with Crippen LogP contribution in [0.4, 0.5) is 5.69 Å². The molecule has 70 valence electrons. The van der Waals surface area contributed by atoms with E-state index in [1.165, 1.54) is 0 Å². The van der Waals surface area contributed by atoms with Gasteiger partial charge in [0, 0.05) is 24.5 Å². The minimum absolute atomic E-state index is 0.887. The van der Waals surface area contributed by atoms with Gasteiger partial charge in [-0.25, -0.2) is 0 Å². The van der Waals surface area contributed by atoms with Gasteiger partial charge < -0.3 is 5.32 Å². The fourth-order valence-electron chi connectivity index (χ4n) is 1.37. The molecule has 0 atom stereocenters. The van der Waals surface area contributed by atoms with Gasteiger partial charge in [-0.1, -0.05) is 18.2 Å². The van der Waals surface area contributed by atoms with E-state index in [1.54, 1.807) is 6.20 Å². The van der Waals surface area contributed by atoms with E-state index in [0.29, 0.717) is 0 Å². The molecule has 0 spiro atoms. The minimum atomic E-state index is 0.887. The Balaban J connectivity index is 2.51. The van der Waals surface area contributed by atoms with Crippen molar-refractivity contribution in [2.24, 2.45) is 0 Å². The molecule has 0 aliphatic rings. The third-order valence-corrected chi connectivity index (χ3v) is 2.04. The van der Waals surface area contributed by atoms with Crippen LogP contribution < -0.4 is 5.32 Å². The maximum atomic E-state index is 4.07. The van der Waals surface area contributed by atoms with Gasteiger partial charge in [-0.15, -0.1) is 0 Å². The fraction of sp³-hybridized carbons (Fsp3) is 0.0909. The zero-order chi connectivity index (χ0) is 9.80. The summed E-state index contributed by atoms with van der Waals surface area (Å²) < 4.78 is 0. The van der Waals surface area contributed by atoms with E-state index in [4.69, 9.17) is 0 Å². The van der Waals surface area contributed by atoms with Crippen molar-refractivity contribution in [3.05, 3.63) is 42.6 Å². The van der Waals surface area contributed by atoms with Gasteiger partial charge in [0.25, 0.3) is 0 Å². The molecule has 0 aliphatic heterocycles. The van der Waals surface area contributed by atoms with E-state index in [1.807, 2.05) is 43.4 Å². The molecule has 3 nitrogen and oxygen atoms in total. The minimum Gasteiger partial charge on any atom is -0.388 e. The molecule has 3 heteroatoms. The lowest BCUT2D eigenvalue weighted by Gasteiger charge is -2.06. The first-order chi connectivity index (χ1) is 6.92. The van der Waals surface area contributed by atoms with Crippen molar-refractivity contribution in [3.8, 4) is 11.3 Å². The van der Waals surface area contributed by atoms with E-state index < -0.39 is 0 Å². The molecule has 0 bridgehead atoms. The first kappa shape index (κ1) is 8.69. The maximum Gasteiger partial charge on any atom is 0.0950 e. The Morgan fingerprint density at radius 3 is 2.64 bits per heavy atom. The van der Waals surface area contributed by atoms with Gasteiger partial charge in [0.05, 0.1) is 5.69 Å². The summed E-state index contributed by atoms with van der Waals surface area (Å²) in [6.45, 7) is 0. The van der Waals surface area contributed by atoms with Crippen LogP contribution in [0.2, 0.25) is 0 Å². The molecule has 1 N–H and O–H groups in total. The van der Waals surface area contributed by atoms with Gasteiger partial charge in [0.1, 0.15) is 0 Å². The molecule has 0 unspecified atom stereocenters. The van der Waals surface area contributed by atoms with Crippen LogP contribution in [-0.4, -0.2) is 17.2 Å². The predicted octanol–water partition coefficient (Wildman–Crippen LogP) is 2.19. The van der Waals surface area contributed by atoms with E-state index in [-0.39, 0.29) is 0 Å². The molecule has 0 saturated carbocycles. The quantitative estimate of drug-likeness (QED) is 0.779. The van der Waals surface area contributed by atoms with Crippen LogP contribution in [0.5, 0.6) is 0 Å². The average molecular weight is 185 g/mol. The van der Waals surface area contributed by atoms with E-state index >= 15 is 0 Å². The monoisotopic (exact) mass is 185 g/mol. The SMILES string of the molecule is CNc1ccccc1-c1cccnn1. The summed E-state index contributed by atoms with van der Waals surface area (Å²) in [5, 5.41) is 11.1. The Morgan fingerprint density at radius 1 is 1.07 bits per heavy atom. The molecule has 0 aliphatic carbocycles. The van der Waals surface area contributed by atoms with Crippen LogP contribution >= 0.6 is 0 Å². The van der Waals surface area contributed by atoms with Crippen molar-refractivity contribution in [2.45, 2.75) is 0 Å². The highest BCUT2D eigenvalue weighted by atomic mass is 15.1. The average Bonchev–Trinajstić information content (AvgIpc) is 2.30. The Bertz CT molecular complexity index is 412. The number of aromatic nitrogens is 2. The smallest absolute Gasteiger partial charge is 0.0950 e. The normalized spacial score (nSPS) is 9.79. The summed E-state index contributed by atoms with van der Waals surface area (Å²) in [5.74, 6) is 0. The van der Waals surface area contributed by atoms with E-state index in [9.17, 15) is 0 Å². The number of hydrogen-bond donors (Lipinski definition) is 1. The molecule has 14 heavy (non-hydrogen) atoms. The predicted molar refractivity (Wildman–Crippen MR) is 57.0 cm³/mol. The van der Waals surface area contributed by atoms with Crippen LogP contribution in [0.1, 0.15) is 0 Å². The molecule has 0 radical (unpaired) electrons. The zero-order valence-corrected chi connectivity index (χ0v) is 7.94. The Morgan fingerprint density at radius 2 is 1.93 bits per heavy atom. The molecule has 2 rings (SSSR count). The lowest BCUT2D eigenvalue weighted by molar-refractivity contribution is 1.04. The third-order valence-electron chi connectivity index (χ3n) is 2.04. The molecule has 0 amide bonds. The number of hydrogen-bond acceptors (Lipinski definition) is 3. The Hall–Kier alpha value is -1.90. The lowest BCUT2D eigenvalue weighted by Crippen LogP contribution is -1.93. The molecular weight excluding hydrogens is 174 g/mol. The van der Waals surface area contributed by atoms with Gasteiger partial charge in [0.2, 0.25) is 0 Å². The summed E-state index contributed by atoms with van der Waals surface area (Å²) in [6.07, 6.45) is 1.67. The molecular formula is C11H11N3. The van der Waals surface area contributed by atoms with Crippen molar-refractivity contribution in [2.75, 3.05) is 12.4 Å². The van der Waals surface area contributed by atoms with Crippen molar-refractivity contribution < 1.29 is 0 Å². The standard InChI is InChI=1S/C11H11N3/c1-12-10-6-3-2-5-9(10)11-7-4-8-13-14-11/h2-8,12H,1H3. The van der Waals surface area contributed by atoms with E-state index in [0.717, 1.165) is 16.9 Å². The Labute approximate surface area is 82.8 Å². The van der Waals surface area contributed by atoms with Crippen LogP contribution in [0, 0.1) is 0 Å². The number of para-hydroxylation sites is 1. The number of nitrogens with one attached hydrogen (secondary N) is 1. The molecule has 1 aromatic carbocycles. The summed E-state index contributed by atoms with van der Waals surface area (Å²) in [6, 6.07) is 11.9. The number of anilines is 1. The molecule has 1 heterocycles. The third kappa shape index (κ3) is 1.57. The molecule has 1 aromatic heterocycles. The highest BCUT2D eigenvalue weighted by molar-refractivity contribution is 5.74. The first-order valence-electron chi connectivity index (χ1n) is 4.46. The maximum absolute atomic E-state index is 4.07. The Kier molecular flexibility index (Phi) is 2.40. The van der Waals surface area contributed by atoms with E-state index in [2.05, 4.69) is 15.5 Å². The van der Waals surface area contributed by atoms with Crippen LogP contribution in [0.3, 0.4) is 0 Å². The largest absolute Gasteiger partial charge is 0.388 e. The van der Waals surface area contributed by atoms with Gasteiger partial charge in [-0.2, -0.15) is 10.2 Å². The first-order valence-corrected chi connectivity index (χ1v) is 4.46. The number of benzene rings is 1. The molecule has 0 saturated heterocycles. The molecule has 0 fully saturated rings. The van der Waals surface area contributed by atoms with Gasteiger partial charge in [0.15, 0.2) is 0 Å². The van der Waals surface area contributed by atoms with Crippen LogP contribution in [0.15, 0.2) is 42.6 Å². The van der Waals surface area contributed by atoms with Gasteiger partial charge >= 0.3 is 0 Å². The summed E-state index contributed by atoms with van der Waals surface area (Å²) in [7, 11) is 1.90. The second kappa shape index (κ2) is 3.87. The van der Waals surface area contributed by atoms with Crippen molar-refractivity contribution >= 4 is 5.69 Å². The lowest BCUT2D eigenvalue weighted by atomic mass is 10.1. The summed E-state index contributed by atoms with van der Waals surface area (Å²) >= 11 is 0. The van der Waals surface area contributed by atoms with Gasteiger partial charge in [-0.3, -0.25) is 0 Å². The van der Waals surface area contributed by atoms with Crippen LogP contribution in [-0.2, 0) is 0 Å². The second-order valence-electron chi connectivity index (χ2n) is 2.90. The van der Waals surface area contributed by atoms with Crippen molar-refractivity contribution in [3.63, 3.8) is 0 Å². The highest BCUT2D eigenvalue weighted by Crippen LogP contribution is 2.24. The zero-order valence-electron chi connectivity index (χ0n) is 7.94. The summed E-state index contributed by atoms with van der Waals surface area (Å²) in [4.78, 5) is 0. The highest BCUT2D eigenvalue weighted by Gasteiger charge is 2.02. The number of rotatable bonds is 2. The van der Waals surface area contributed by atoms with Crippen LogP contribution in [0.25, 0.3) is 11.3 Å².